The van der Waals surface area contributed by atoms with E-state index in [-0.39, 0.29) is 13.2 Å². The summed E-state index contributed by atoms with van der Waals surface area (Å²) in [6, 6.07) is 0. The summed E-state index contributed by atoms with van der Waals surface area (Å²) in [5.74, 6) is 0. The molecule has 10 heavy (non-hydrogen) atoms. The summed E-state index contributed by atoms with van der Waals surface area (Å²) in [4.78, 5) is 0. The van der Waals surface area contributed by atoms with E-state index >= 15 is 0 Å². The molecule has 1 aliphatic heterocycles. The van der Waals surface area contributed by atoms with Gasteiger partial charge in [-0.2, -0.15) is 0 Å². The molecule has 2 nitrogen and oxygen atoms in total. The van der Waals surface area contributed by atoms with Gasteiger partial charge in [0.05, 0.1) is 13.2 Å². The van der Waals surface area contributed by atoms with Crippen molar-refractivity contribution < 1.29 is 9.47 Å². The molecular weight excluding hydrogens is 222 g/mol. The number of alkyl halides is 4. The quantitative estimate of drug-likeness (QED) is 0.590. The van der Waals surface area contributed by atoms with Gasteiger partial charge in [-0.3, -0.25) is 0 Å². The average molecular weight is 226 g/mol. The van der Waals surface area contributed by atoms with Crippen molar-refractivity contribution in [3.8, 4) is 0 Å². The molecule has 0 radical (unpaired) electrons. The van der Waals surface area contributed by atoms with Crippen molar-refractivity contribution in [3.63, 3.8) is 0 Å². The molecule has 0 atom stereocenters. The lowest BCUT2D eigenvalue weighted by atomic mass is 10.6. The summed E-state index contributed by atoms with van der Waals surface area (Å²) in [6.07, 6.45) is 0. The summed E-state index contributed by atoms with van der Waals surface area (Å²) in [7, 11) is 0. The summed E-state index contributed by atoms with van der Waals surface area (Å²) >= 11 is 22.1. The largest absolute Gasteiger partial charge is 0.340 e. The molecule has 0 N–H and O–H groups in total. The van der Waals surface area contributed by atoms with Crippen molar-refractivity contribution in [2.75, 3.05) is 13.2 Å². The first-order valence-electron chi connectivity index (χ1n) is 2.49. The second-order valence-electron chi connectivity index (χ2n) is 1.73. The number of hydrogen-bond donors (Lipinski definition) is 0. The molecule has 0 unspecified atom stereocenters. The maximum Gasteiger partial charge on any atom is 0.277 e. The van der Waals surface area contributed by atoms with Crippen LogP contribution in [-0.4, -0.2) is 22.3 Å². The van der Waals surface area contributed by atoms with E-state index in [0.29, 0.717) is 0 Å². The molecule has 0 saturated carbocycles. The van der Waals surface area contributed by atoms with E-state index in [1.165, 1.54) is 0 Å². The summed E-state index contributed by atoms with van der Waals surface area (Å²) < 4.78 is 6.30. The Balaban J connectivity index is 2.70. The van der Waals surface area contributed by atoms with Crippen LogP contribution >= 0.6 is 46.4 Å². The van der Waals surface area contributed by atoms with Gasteiger partial charge in [0.25, 0.3) is 9.04 Å². The second kappa shape index (κ2) is 2.85. The summed E-state index contributed by atoms with van der Waals surface area (Å²) in [6.45, 7) is 0.572. The van der Waals surface area contributed by atoms with E-state index in [0.717, 1.165) is 0 Å². The standard InChI is InChI=1S/C4H4Cl4O2/c5-3(6)4(7,8)10-2-1-9-3/h1-2H2. The van der Waals surface area contributed by atoms with Gasteiger partial charge in [-0.1, -0.05) is 46.4 Å². The van der Waals surface area contributed by atoms with E-state index in [9.17, 15) is 0 Å². The van der Waals surface area contributed by atoms with Crippen LogP contribution in [0.5, 0.6) is 0 Å². The van der Waals surface area contributed by atoms with Crippen LogP contribution in [0.3, 0.4) is 0 Å². The summed E-state index contributed by atoms with van der Waals surface area (Å²) in [5, 5.41) is 0. The molecule has 1 aliphatic rings. The van der Waals surface area contributed by atoms with E-state index < -0.39 is 9.04 Å². The Hall–Kier alpha value is 1.08. The van der Waals surface area contributed by atoms with Crippen molar-refractivity contribution in [1.82, 2.24) is 0 Å². The molecule has 1 saturated heterocycles. The Morgan fingerprint density at radius 2 is 1.10 bits per heavy atom. The molecule has 0 aromatic carbocycles. The molecule has 0 aromatic heterocycles. The lowest BCUT2D eigenvalue weighted by Gasteiger charge is -2.35. The predicted octanol–water partition coefficient (Wildman–Crippen LogP) is 2.30. The zero-order chi connectivity index (χ0) is 7.83. The molecule has 0 amide bonds. The van der Waals surface area contributed by atoms with Crippen LogP contribution in [0, 0.1) is 0 Å². The van der Waals surface area contributed by atoms with Crippen molar-refractivity contribution in [2.24, 2.45) is 0 Å². The molecule has 0 aliphatic carbocycles. The number of hydrogen-bond acceptors (Lipinski definition) is 2. The zero-order valence-corrected chi connectivity index (χ0v) is 7.77. The maximum absolute atomic E-state index is 5.52. The molecule has 0 spiro atoms. The van der Waals surface area contributed by atoms with E-state index in [2.05, 4.69) is 0 Å². The van der Waals surface area contributed by atoms with Crippen molar-refractivity contribution in [3.05, 3.63) is 0 Å². The molecule has 0 bridgehead atoms. The van der Waals surface area contributed by atoms with Gasteiger partial charge in [-0.25, -0.2) is 0 Å². The third kappa shape index (κ3) is 1.63. The normalized spacial score (nSPS) is 30.0. The number of halogens is 4. The van der Waals surface area contributed by atoms with Crippen LogP contribution in [0.25, 0.3) is 0 Å². The highest BCUT2D eigenvalue weighted by molar-refractivity contribution is 6.60. The van der Waals surface area contributed by atoms with Crippen LogP contribution in [0.1, 0.15) is 0 Å². The van der Waals surface area contributed by atoms with E-state index in [1.54, 1.807) is 0 Å². The number of ether oxygens (including phenoxy) is 2. The SMILES string of the molecule is ClC1(Cl)OCCOC1(Cl)Cl. The fourth-order valence-corrected chi connectivity index (χ4v) is 1.03. The lowest BCUT2D eigenvalue weighted by molar-refractivity contribution is -0.112. The molecule has 1 rings (SSSR count). The second-order valence-corrected chi connectivity index (χ2v) is 4.25. The van der Waals surface area contributed by atoms with Gasteiger partial charge in [0, 0.05) is 0 Å². The molecule has 6 heteroatoms. The van der Waals surface area contributed by atoms with Crippen molar-refractivity contribution >= 4 is 46.4 Å². The van der Waals surface area contributed by atoms with Crippen molar-refractivity contribution in [1.29, 1.82) is 0 Å². The van der Waals surface area contributed by atoms with Crippen molar-refractivity contribution in [2.45, 2.75) is 9.04 Å². The van der Waals surface area contributed by atoms with Crippen LogP contribution in [0.15, 0.2) is 0 Å². The van der Waals surface area contributed by atoms with E-state index in [1.807, 2.05) is 0 Å². The van der Waals surface area contributed by atoms with Gasteiger partial charge in [0.2, 0.25) is 0 Å². The van der Waals surface area contributed by atoms with Crippen LogP contribution in [0.4, 0.5) is 0 Å². The van der Waals surface area contributed by atoms with Crippen LogP contribution < -0.4 is 0 Å². The summed E-state index contributed by atoms with van der Waals surface area (Å²) in [5.41, 5.74) is 0. The molecule has 0 aromatic rings. The molecule has 60 valence electrons. The minimum Gasteiger partial charge on any atom is -0.340 e. The molecule has 1 heterocycles. The van der Waals surface area contributed by atoms with Gasteiger partial charge < -0.3 is 9.47 Å². The van der Waals surface area contributed by atoms with Gasteiger partial charge in [0.1, 0.15) is 0 Å². The van der Waals surface area contributed by atoms with E-state index in [4.69, 9.17) is 55.9 Å². The minimum atomic E-state index is -1.67. The van der Waals surface area contributed by atoms with Gasteiger partial charge in [-0.15, -0.1) is 0 Å². The Labute approximate surface area is 78.3 Å². The first-order valence-corrected chi connectivity index (χ1v) is 4.00. The fourth-order valence-electron chi connectivity index (χ4n) is 0.508. The fraction of sp³-hybridized carbons (Fsp3) is 1.00. The minimum absolute atomic E-state index is 0.286. The zero-order valence-electron chi connectivity index (χ0n) is 4.74. The lowest BCUT2D eigenvalue weighted by Crippen LogP contribution is -2.46. The third-order valence-electron chi connectivity index (χ3n) is 0.989. The average Bonchev–Trinajstić information content (AvgIpc) is 1.77. The predicted molar refractivity (Wildman–Crippen MR) is 40.8 cm³/mol. The smallest absolute Gasteiger partial charge is 0.277 e. The Kier molecular flexibility index (Phi) is 2.61. The Bertz CT molecular complexity index is 119. The van der Waals surface area contributed by atoms with Gasteiger partial charge >= 0.3 is 0 Å². The van der Waals surface area contributed by atoms with Gasteiger partial charge in [-0.05, 0) is 0 Å². The van der Waals surface area contributed by atoms with Crippen LogP contribution in [-0.2, 0) is 9.47 Å². The van der Waals surface area contributed by atoms with Crippen LogP contribution in [0.2, 0.25) is 0 Å². The highest BCUT2D eigenvalue weighted by Crippen LogP contribution is 2.46. The highest BCUT2D eigenvalue weighted by atomic mass is 35.5. The first kappa shape index (κ1) is 9.17. The Morgan fingerprint density at radius 3 is 1.30 bits per heavy atom. The first-order chi connectivity index (χ1) is 4.46. The monoisotopic (exact) mass is 224 g/mol. The van der Waals surface area contributed by atoms with Gasteiger partial charge in [0.15, 0.2) is 0 Å². The maximum atomic E-state index is 5.52. The highest BCUT2D eigenvalue weighted by Gasteiger charge is 2.52. The number of rotatable bonds is 0. The molecular formula is C4H4Cl4O2. The third-order valence-corrected chi connectivity index (χ3v) is 2.88. The molecule has 1 fully saturated rings. The Morgan fingerprint density at radius 1 is 0.800 bits per heavy atom. The topological polar surface area (TPSA) is 18.5 Å².